The molecule has 0 saturated carbocycles. The minimum Gasteiger partial charge on any atom is -0.497 e. The monoisotopic (exact) mass is 302 g/mol. The van der Waals surface area contributed by atoms with Gasteiger partial charge in [-0.3, -0.25) is 0 Å². The number of sulfonamides is 1. The maximum absolute atomic E-state index is 12.2. The Morgan fingerprint density at radius 1 is 1.19 bits per heavy atom. The SMILES string of the molecule is COc1cccc(CNS(=O)(=O)c2cccc(C#N)c2)c1. The summed E-state index contributed by atoms with van der Waals surface area (Å²) in [6.07, 6.45) is 0. The lowest BCUT2D eigenvalue weighted by molar-refractivity contribution is 0.414. The van der Waals surface area contributed by atoms with Crippen molar-refractivity contribution in [2.24, 2.45) is 0 Å². The molecular weight excluding hydrogens is 288 g/mol. The Morgan fingerprint density at radius 2 is 1.95 bits per heavy atom. The highest BCUT2D eigenvalue weighted by molar-refractivity contribution is 7.89. The molecule has 2 aromatic rings. The highest BCUT2D eigenvalue weighted by Gasteiger charge is 2.14. The normalized spacial score (nSPS) is 10.9. The van der Waals surface area contributed by atoms with Crippen LogP contribution in [0.1, 0.15) is 11.1 Å². The minimum absolute atomic E-state index is 0.0736. The van der Waals surface area contributed by atoms with Gasteiger partial charge in [0.1, 0.15) is 5.75 Å². The van der Waals surface area contributed by atoms with Crippen LogP contribution in [0.4, 0.5) is 0 Å². The van der Waals surface area contributed by atoms with Gasteiger partial charge in [-0.25, -0.2) is 13.1 Å². The molecular formula is C15H14N2O3S. The summed E-state index contributed by atoms with van der Waals surface area (Å²) in [4.78, 5) is 0.0736. The summed E-state index contributed by atoms with van der Waals surface area (Å²) in [5.41, 5.74) is 1.09. The van der Waals surface area contributed by atoms with Gasteiger partial charge in [0.15, 0.2) is 0 Å². The van der Waals surface area contributed by atoms with Crippen LogP contribution in [0, 0.1) is 11.3 Å². The van der Waals surface area contributed by atoms with E-state index in [9.17, 15) is 8.42 Å². The number of nitrogens with one attached hydrogen (secondary N) is 1. The summed E-state index contributed by atoms with van der Waals surface area (Å²) in [7, 11) is -2.10. The number of nitriles is 1. The van der Waals surface area contributed by atoms with E-state index in [-0.39, 0.29) is 11.4 Å². The molecule has 6 heteroatoms. The van der Waals surface area contributed by atoms with Crippen molar-refractivity contribution in [3.05, 3.63) is 59.7 Å². The van der Waals surface area contributed by atoms with Crippen LogP contribution in [-0.2, 0) is 16.6 Å². The molecule has 0 aliphatic heterocycles. The third-order valence-electron chi connectivity index (χ3n) is 2.87. The van der Waals surface area contributed by atoms with Gasteiger partial charge in [0.2, 0.25) is 10.0 Å². The second-order valence-electron chi connectivity index (χ2n) is 4.32. The lowest BCUT2D eigenvalue weighted by Crippen LogP contribution is -2.23. The lowest BCUT2D eigenvalue weighted by Gasteiger charge is -2.08. The van der Waals surface area contributed by atoms with Crippen LogP contribution >= 0.6 is 0 Å². The minimum atomic E-state index is -3.65. The Bertz CT molecular complexity index is 780. The molecule has 21 heavy (non-hydrogen) atoms. The van der Waals surface area contributed by atoms with Gasteiger partial charge in [-0.05, 0) is 35.9 Å². The molecule has 0 spiro atoms. The third kappa shape index (κ3) is 3.81. The molecule has 2 rings (SSSR count). The predicted octanol–water partition coefficient (Wildman–Crippen LogP) is 2.05. The van der Waals surface area contributed by atoms with E-state index in [1.807, 2.05) is 6.07 Å². The molecule has 2 aromatic carbocycles. The van der Waals surface area contributed by atoms with Crippen molar-refractivity contribution >= 4 is 10.0 Å². The molecule has 0 saturated heterocycles. The van der Waals surface area contributed by atoms with Gasteiger partial charge < -0.3 is 4.74 Å². The molecule has 0 aliphatic rings. The van der Waals surface area contributed by atoms with Crippen LogP contribution in [0.3, 0.4) is 0 Å². The van der Waals surface area contributed by atoms with Gasteiger partial charge in [0.05, 0.1) is 23.6 Å². The Labute approximate surface area is 123 Å². The molecule has 0 amide bonds. The molecule has 0 atom stereocenters. The highest BCUT2D eigenvalue weighted by Crippen LogP contribution is 2.14. The Kier molecular flexibility index (Phi) is 4.58. The first-order chi connectivity index (χ1) is 10.0. The van der Waals surface area contributed by atoms with Crippen molar-refractivity contribution < 1.29 is 13.2 Å². The van der Waals surface area contributed by atoms with E-state index < -0.39 is 10.0 Å². The number of rotatable bonds is 5. The molecule has 5 nitrogen and oxygen atoms in total. The zero-order valence-electron chi connectivity index (χ0n) is 11.4. The van der Waals surface area contributed by atoms with Crippen molar-refractivity contribution in [3.8, 4) is 11.8 Å². The number of ether oxygens (including phenoxy) is 1. The van der Waals surface area contributed by atoms with Crippen molar-refractivity contribution in [1.82, 2.24) is 4.72 Å². The van der Waals surface area contributed by atoms with Crippen molar-refractivity contribution in [2.75, 3.05) is 7.11 Å². The lowest BCUT2D eigenvalue weighted by atomic mass is 10.2. The summed E-state index contributed by atoms with van der Waals surface area (Å²) >= 11 is 0. The summed E-state index contributed by atoms with van der Waals surface area (Å²) in [6, 6.07) is 14.9. The number of hydrogen-bond donors (Lipinski definition) is 1. The number of hydrogen-bond acceptors (Lipinski definition) is 4. The molecule has 0 radical (unpaired) electrons. The zero-order valence-corrected chi connectivity index (χ0v) is 12.2. The predicted molar refractivity (Wildman–Crippen MR) is 78.2 cm³/mol. The molecule has 108 valence electrons. The van der Waals surface area contributed by atoms with E-state index in [1.54, 1.807) is 43.5 Å². The van der Waals surface area contributed by atoms with Crippen LogP contribution in [0.5, 0.6) is 5.75 Å². The van der Waals surface area contributed by atoms with E-state index in [1.165, 1.54) is 12.1 Å². The van der Waals surface area contributed by atoms with Gasteiger partial charge in [0, 0.05) is 6.54 Å². The summed E-state index contributed by atoms with van der Waals surface area (Å²) in [6.45, 7) is 0.149. The van der Waals surface area contributed by atoms with E-state index in [4.69, 9.17) is 10.00 Å². The van der Waals surface area contributed by atoms with Crippen LogP contribution in [0.25, 0.3) is 0 Å². The largest absolute Gasteiger partial charge is 0.497 e. The smallest absolute Gasteiger partial charge is 0.240 e. The van der Waals surface area contributed by atoms with Gasteiger partial charge >= 0.3 is 0 Å². The molecule has 0 bridgehead atoms. The fraction of sp³-hybridized carbons (Fsp3) is 0.133. The van der Waals surface area contributed by atoms with Crippen molar-refractivity contribution in [3.63, 3.8) is 0 Å². The summed E-state index contributed by atoms with van der Waals surface area (Å²) in [5, 5.41) is 8.81. The molecule has 0 aromatic heterocycles. The Hall–Kier alpha value is -2.36. The van der Waals surface area contributed by atoms with E-state index in [2.05, 4.69) is 4.72 Å². The highest BCUT2D eigenvalue weighted by atomic mass is 32.2. The average molecular weight is 302 g/mol. The standard InChI is InChI=1S/C15H14N2O3S/c1-20-14-6-2-5-13(8-14)11-17-21(18,19)15-7-3-4-12(9-15)10-16/h2-9,17H,11H2,1H3. The first-order valence-corrected chi connectivity index (χ1v) is 7.66. The quantitative estimate of drug-likeness (QED) is 0.916. The fourth-order valence-electron chi connectivity index (χ4n) is 1.78. The molecule has 0 aliphatic carbocycles. The second kappa shape index (κ2) is 6.39. The molecule has 0 fully saturated rings. The molecule has 0 heterocycles. The molecule has 0 unspecified atom stereocenters. The van der Waals surface area contributed by atoms with Crippen molar-refractivity contribution in [1.29, 1.82) is 5.26 Å². The average Bonchev–Trinajstić information content (AvgIpc) is 2.53. The van der Waals surface area contributed by atoms with E-state index >= 15 is 0 Å². The van der Waals surface area contributed by atoms with Crippen LogP contribution in [-0.4, -0.2) is 15.5 Å². The van der Waals surface area contributed by atoms with Crippen LogP contribution in [0.15, 0.2) is 53.4 Å². The summed E-state index contributed by atoms with van der Waals surface area (Å²) in [5.74, 6) is 0.665. The van der Waals surface area contributed by atoms with E-state index in [0.717, 1.165) is 5.56 Å². The van der Waals surface area contributed by atoms with Crippen LogP contribution < -0.4 is 9.46 Å². The maximum Gasteiger partial charge on any atom is 0.240 e. The van der Waals surface area contributed by atoms with Crippen molar-refractivity contribution in [2.45, 2.75) is 11.4 Å². The number of nitrogens with zero attached hydrogens (tertiary/aromatic N) is 1. The number of benzene rings is 2. The number of methoxy groups -OCH3 is 1. The second-order valence-corrected chi connectivity index (χ2v) is 6.08. The Morgan fingerprint density at radius 3 is 2.67 bits per heavy atom. The van der Waals surface area contributed by atoms with Gasteiger partial charge in [-0.2, -0.15) is 5.26 Å². The van der Waals surface area contributed by atoms with E-state index in [0.29, 0.717) is 11.3 Å². The van der Waals surface area contributed by atoms with Gasteiger partial charge in [-0.15, -0.1) is 0 Å². The first-order valence-electron chi connectivity index (χ1n) is 6.18. The van der Waals surface area contributed by atoms with Crippen LogP contribution in [0.2, 0.25) is 0 Å². The van der Waals surface area contributed by atoms with Gasteiger partial charge in [0.25, 0.3) is 0 Å². The topological polar surface area (TPSA) is 79.2 Å². The first kappa shape index (κ1) is 15.0. The third-order valence-corrected chi connectivity index (χ3v) is 4.27. The Balaban J connectivity index is 2.16. The zero-order chi connectivity index (χ0) is 15.3. The maximum atomic E-state index is 12.2. The van der Waals surface area contributed by atoms with Gasteiger partial charge in [-0.1, -0.05) is 18.2 Å². The fourth-order valence-corrected chi connectivity index (χ4v) is 2.84. The molecule has 1 N–H and O–H groups in total. The summed E-state index contributed by atoms with van der Waals surface area (Å²) < 4.78 is 31.9.